The average molecular weight is 726 g/mol. The summed E-state index contributed by atoms with van der Waals surface area (Å²) in [5.74, 6) is 0. The van der Waals surface area contributed by atoms with E-state index in [1.807, 2.05) is 24.5 Å². The molecule has 0 saturated heterocycles. The summed E-state index contributed by atoms with van der Waals surface area (Å²) in [5.41, 5.74) is 16.7. The van der Waals surface area contributed by atoms with Crippen molar-refractivity contribution in [3.8, 4) is 28.2 Å². The van der Waals surface area contributed by atoms with Crippen LogP contribution in [-0.4, -0.2) is 14.5 Å². The molecule has 0 spiro atoms. The van der Waals surface area contributed by atoms with Crippen LogP contribution in [0.1, 0.15) is 44.5 Å². The molecule has 0 unspecified atom stereocenters. The van der Waals surface area contributed by atoms with Gasteiger partial charge in [-0.15, -0.1) is 0 Å². The molecule has 3 aromatic heterocycles. The van der Waals surface area contributed by atoms with Crippen LogP contribution in [0, 0.1) is 0 Å². The van der Waals surface area contributed by atoms with Crippen molar-refractivity contribution in [2.45, 2.75) is 10.8 Å². The third kappa shape index (κ3) is 4.26. The number of fused-ring (bicyclic) bond motifs is 3. The maximum atomic E-state index is 4.85. The Morgan fingerprint density at radius 1 is 0.333 bits per heavy atom. The molecule has 3 heteroatoms. The van der Waals surface area contributed by atoms with E-state index < -0.39 is 10.8 Å². The van der Waals surface area contributed by atoms with Gasteiger partial charge in [-0.05, 0) is 105 Å². The van der Waals surface area contributed by atoms with E-state index in [1.54, 1.807) is 0 Å². The van der Waals surface area contributed by atoms with Gasteiger partial charge in [0.25, 0.3) is 0 Å². The van der Waals surface area contributed by atoms with E-state index in [0.717, 1.165) is 28.2 Å². The van der Waals surface area contributed by atoms with Gasteiger partial charge in [0.2, 0.25) is 0 Å². The number of benzene rings is 7. The fourth-order valence-corrected chi connectivity index (χ4v) is 10.5. The molecule has 3 aliphatic rings. The smallest absolute Gasteiger partial charge is 0.0712 e. The molecule has 0 radical (unpaired) electrons. The molecule has 13 rings (SSSR count). The van der Waals surface area contributed by atoms with Gasteiger partial charge < -0.3 is 4.57 Å². The molecule has 0 atom stereocenters. The minimum Gasteiger partial charge on any atom is -0.309 e. The van der Waals surface area contributed by atoms with E-state index in [0.29, 0.717) is 0 Å². The standard InChI is InChI=1S/C54H35N3/c1-2-15-38(16-3-1)53-43-21-6-7-22-44(43)54(45-29-27-36(33-47(45)53)49-23-10-12-31-55-49,46-30-28-37(34-48(46)53)50-24-11-13-32-56-50)39-17-14-18-40(35-39)57-51-25-8-4-19-41(51)42-20-5-9-26-52(42)57/h1-35H. The number of pyridine rings is 2. The predicted octanol–water partition coefficient (Wildman–Crippen LogP) is 12.3. The molecule has 2 bridgehead atoms. The van der Waals surface area contributed by atoms with E-state index in [1.165, 1.54) is 66.3 Å². The van der Waals surface area contributed by atoms with Crippen LogP contribution in [0.25, 0.3) is 50.0 Å². The summed E-state index contributed by atoms with van der Waals surface area (Å²) in [5, 5.41) is 2.51. The number of para-hydroxylation sites is 2. The second kappa shape index (κ2) is 12.1. The van der Waals surface area contributed by atoms with Crippen molar-refractivity contribution in [2.24, 2.45) is 0 Å². The number of aromatic nitrogens is 3. The Hall–Kier alpha value is -7.36. The predicted molar refractivity (Wildman–Crippen MR) is 231 cm³/mol. The molecule has 7 aromatic carbocycles. The molecule has 0 saturated carbocycles. The molecule has 0 amide bonds. The zero-order valence-electron chi connectivity index (χ0n) is 31.0. The van der Waals surface area contributed by atoms with Gasteiger partial charge in [-0.2, -0.15) is 0 Å². The van der Waals surface area contributed by atoms with Gasteiger partial charge in [0, 0.05) is 40.0 Å². The second-order valence-corrected chi connectivity index (χ2v) is 15.3. The normalized spacial score (nSPS) is 17.6. The topological polar surface area (TPSA) is 30.7 Å². The number of hydrogen-bond donors (Lipinski definition) is 0. The van der Waals surface area contributed by atoms with Crippen LogP contribution in [-0.2, 0) is 10.8 Å². The monoisotopic (exact) mass is 725 g/mol. The van der Waals surface area contributed by atoms with Gasteiger partial charge in [-0.25, -0.2) is 0 Å². The molecule has 3 heterocycles. The summed E-state index contributed by atoms with van der Waals surface area (Å²) >= 11 is 0. The first-order valence-electron chi connectivity index (χ1n) is 19.7. The summed E-state index contributed by atoms with van der Waals surface area (Å²) in [6.07, 6.45) is 3.78. The van der Waals surface area contributed by atoms with Crippen molar-refractivity contribution in [3.63, 3.8) is 0 Å². The van der Waals surface area contributed by atoms with Crippen LogP contribution in [0.15, 0.2) is 213 Å². The molecule has 3 nitrogen and oxygen atoms in total. The van der Waals surface area contributed by atoms with E-state index in [2.05, 4.69) is 193 Å². The molecule has 0 fully saturated rings. The summed E-state index contributed by atoms with van der Waals surface area (Å²) in [6.45, 7) is 0. The molecule has 10 aromatic rings. The van der Waals surface area contributed by atoms with E-state index >= 15 is 0 Å². The van der Waals surface area contributed by atoms with Crippen molar-refractivity contribution < 1.29 is 0 Å². The van der Waals surface area contributed by atoms with Crippen molar-refractivity contribution in [1.82, 2.24) is 14.5 Å². The second-order valence-electron chi connectivity index (χ2n) is 15.3. The largest absolute Gasteiger partial charge is 0.309 e. The number of rotatable bonds is 5. The van der Waals surface area contributed by atoms with Gasteiger partial charge in [0.1, 0.15) is 0 Å². The summed E-state index contributed by atoms with van der Waals surface area (Å²) in [6, 6.07) is 73.7. The quantitative estimate of drug-likeness (QED) is 0.177. The lowest BCUT2D eigenvalue weighted by Crippen LogP contribution is -2.52. The fraction of sp³-hybridized carbons (Fsp3) is 0.0370. The highest BCUT2D eigenvalue weighted by molar-refractivity contribution is 6.09. The van der Waals surface area contributed by atoms with Crippen LogP contribution in [0.3, 0.4) is 0 Å². The molecule has 266 valence electrons. The Kier molecular flexibility index (Phi) is 6.76. The first-order valence-corrected chi connectivity index (χ1v) is 19.7. The van der Waals surface area contributed by atoms with Gasteiger partial charge >= 0.3 is 0 Å². The summed E-state index contributed by atoms with van der Waals surface area (Å²) < 4.78 is 2.44. The number of nitrogens with zero attached hydrogens (tertiary/aromatic N) is 3. The van der Waals surface area contributed by atoms with Crippen molar-refractivity contribution in [1.29, 1.82) is 0 Å². The Balaban J connectivity index is 1.23. The molecule has 57 heavy (non-hydrogen) atoms. The van der Waals surface area contributed by atoms with Gasteiger partial charge in [0.15, 0.2) is 0 Å². The number of hydrogen-bond acceptors (Lipinski definition) is 2. The summed E-state index contributed by atoms with van der Waals surface area (Å²) in [7, 11) is 0. The van der Waals surface area contributed by atoms with Gasteiger partial charge in [0.05, 0.1) is 33.3 Å². The highest BCUT2D eigenvalue weighted by atomic mass is 15.0. The van der Waals surface area contributed by atoms with Crippen LogP contribution in [0.5, 0.6) is 0 Å². The Labute approximate surface area is 331 Å². The molecule has 3 aliphatic carbocycles. The first kappa shape index (κ1) is 31.9. The minimum atomic E-state index is -0.627. The van der Waals surface area contributed by atoms with Gasteiger partial charge in [-0.1, -0.05) is 140 Å². The van der Waals surface area contributed by atoms with E-state index in [-0.39, 0.29) is 0 Å². The Morgan fingerprint density at radius 2 is 0.807 bits per heavy atom. The maximum Gasteiger partial charge on any atom is 0.0712 e. The Morgan fingerprint density at radius 3 is 1.37 bits per heavy atom. The third-order valence-corrected chi connectivity index (χ3v) is 12.6. The summed E-state index contributed by atoms with van der Waals surface area (Å²) in [4.78, 5) is 9.70. The van der Waals surface area contributed by atoms with Crippen LogP contribution >= 0.6 is 0 Å². The lowest BCUT2D eigenvalue weighted by molar-refractivity contribution is 0.557. The Bertz CT molecular complexity index is 3040. The maximum absolute atomic E-state index is 4.85. The molecule has 0 N–H and O–H groups in total. The molecule has 0 aliphatic heterocycles. The van der Waals surface area contributed by atoms with E-state index in [9.17, 15) is 0 Å². The van der Waals surface area contributed by atoms with Crippen LogP contribution in [0.2, 0.25) is 0 Å². The SMILES string of the molecule is c1ccc(C23c4ccccc4C(c4cccc(-n5c6ccccc6c6ccccc65)c4)(c4ccc(-c5ccccn5)cc42)c2ccc(-c4ccccn4)cc23)cc1. The van der Waals surface area contributed by atoms with Crippen LogP contribution < -0.4 is 0 Å². The van der Waals surface area contributed by atoms with Crippen molar-refractivity contribution >= 4 is 21.8 Å². The molecular weight excluding hydrogens is 691 g/mol. The lowest BCUT2D eigenvalue weighted by Gasteiger charge is -2.57. The molecular formula is C54H35N3. The zero-order valence-corrected chi connectivity index (χ0v) is 31.0. The highest BCUT2D eigenvalue weighted by Gasteiger charge is 2.60. The zero-order chi connectivity index (χ0) is 37.6. The van der Waals surface area contributed by atoms with Crippen LogP contribution in [0.4, 0.5) is 0 Å². The van der Waals surface area contributed by atoms with Crippen molar-refractivity contribution in [2.75, 3.05) is 0 Å². The minimum absolute atomic E-state index is 0.607. The van der Waals surface area contributed by atoms with Crippen molar-refractivity contribution in [3.05, 3.63) is 257 Å². The third-order valence-electron chi connectivity index (χ3n) is 12.6. The highest BCUT2D eigenvalue weighted by Crippen LogP contribution is 2.66. The fourth-order valence-electron chi connectivity index (χ4n) is 10.5. The first-order chi connectivity index (χ1) is 28.3. The lowest BCUT2D eigenvalue weighted by atomic mass is 9.44. The van der Waals surface area contributed by atoms with Gasteiger partial charge in [-0.3, -0.25) is 9.97 Å². The average Bonchev–Trinajstić information content (AvgIpc) is 3.64. The van der Waals surface area contributed by atoms with E-state index in [4.69, 9.17) is 9.97 Å².